The van der Waals surface area contributed by atoms with Crippen molar-refractivity contribution in [2.24, 2.45) is 0 Å². The second-order valence-corrected chi connectivity index (χ2v) is 8.33. The first-order valence-electron chi connectivity index (χ1n) is 10.3. The lowest BCUT2D eigenvalue weighted by Crippen LogP contribution is -2.52. The number of benzene rings is 1. The zero-order valence-electron chi connectivity index (χ0n) is 18.0. The van der Waals surface area contributed by atoms with Crippen LogP contribution in [0.1, 0.15) is 39.2 Å². The molecule has 3 rings (SSSR count). The minimum atomic E-state index is -1.25. The minimum Gasteiger partial charge on any atom is -0.497 e. The van der Waals surface area contributed by atoms with Crippen LogP contribution in [0.4, 0.5) is 4.79 Å². The van der Waals surface area contributed by atoms with Gasteiger partial charge in [-0.3, -0.25) is 19.9 Å². The third-order valence-corrected chi connectivity index (χ3v) is 5.62. The number of hydrazine groups is 1. The Morgan fingerprint density at radius 1 is 1.23 bits per heavy atom. The maximum absolute atomic E-state index is 12.9. The molecule has 1 unspecified atom stereocenters. The Bertz CT molecular complexity index is 789. The molecule has 0 saturated carbocycles. The van der Waals surface area contributed by atoms with E-state index in [0.717, 1.165) is 30.9 Å². The predicted molar refractivity (Wildman–Crippen MR) is 112 cm³/mol. The highest BCUT2D eigenvalue weighted by atomic mass is 16.5. The van der Waals surface area contributed by atoms with E-state index in [1.807, 2.05) is 4.90 Å². The number of urea groups is 1. The summed E-state index contributed by atoms with van der Waals surface area (Å²) >= 11 is 0. The fourth-order valence-electron chi connectivity index (χ4n) is 3.95. The summed E-state index contributed by atoms with van der Waals surface area (Å²) in [5, 5.41) is 6.97. The number of rotatable bonds is 7. The third-order valence-electron chi connectivity index (χ3n) is 5.62. The average Bonchev–Trinajstić information content (AvgIpc) is 2.93. The first kappa shape index (κ1) is 22.0. The summed E-state index contributed by atoms with van der Waals surface area (Å²) in [5.41, 5.74) is 1.82. The number of hydrogen-bond donors (Lipinski definition) is 3. The molecule has 1 aromatic rings. The van der Waals surface area contributed by atoms with Crippen molar-refractivity contribution in [2.75, 3.05) is 26.7 Å². The van der Waals surface area contributed by atoms with Gasteiger partial charge in [0.2, 0.25) is 0 Å². The Hall–Kier alpha value is -2.65. The fraction of sp³-hybridized carbons (Fsp3) is 0.571. The highest BCUT2D eigenvalue weighted by molar-refractivity contribution is 6.08. The van der Waals surface area contributed by atoms with Gasteiger partial charge in [-0.15, -0.1) is 0 Å². The van der Waals surface area contributed by atoms with Crippen molar-refractivity contribution in [3.63, 3.8) is 0 Å². The van der Waals surface area contributed by atoms with Gasteiger partial charge in [0, 0.05) is 25.2 Å². The van der Waals surface area contributed by atoms with Crippen molar-refractivity contribution in [2.45, 2.75) is 51.2 Å². The normalized spacial score (nSPS) is 23.0. The number of imide groups is 1. The maximum Gasteiger partial charge on any atom is 0.344 e. The average molecular weight is 418 g/mol. The Labute approximate surface area is 177 Å². The molecule has 0 spiro atoms. The molecule has 2 aliphatic heterocycles. The number of nitrogens with one attached hydrogen (secondary N) is 3. The molecule has 0 bridgehead atoms. The predicted octanol–water partition coefficient (Wildman–Crippen LogP) is 0.956. The molecular weight excluding hydrogens is 386 g/mol. The Kier molecular flexibility index (Phi) is 6.62. The first-order valence-corrected chi connectivity index (χ1v) is 10.3. The van der Waals surface area contributed by atoms with Crippen molar-refractivity contribution in [3.8, 4) is 5.75 Å². The third kappa shape index (κ3) is 4.73. The van der Waals surface area contributed by atoms with Crippen LogP contribution >= 0.6 is 0 Å². The van der Waals surface area contributed by atoms with Gasteiger partial charge in [0.25, 0.3) is 11.8 Å². The molecule has 1 atom stereocenters. The first-order chi connectivity index (χ1) is 14.2. The second-order valence-electron chi connectivity index (χ2n) is 8.33. The van der Waals surface area contributed by atoms with Gasteiger partial charge in [-0.1, -0.05) is 26.0 Å². The number of amides is 4. The summed E-state index contributed by atoms with van der Waals surface area (Å²) in [5.74, 6) is -0.254. The van der Waals surface area contributed by atoms with E-state index >= 15 is 0 Å². The number of hydrogen-bond acceptors (Lipinski definition) is 6. The summed E-state index contributed by atoms with van der Waals surface area (Å²) < 4.78 is 5.14. The van der Waals surface area contributed by atoms with Gasteiger partial charge in [-0.2, -0.15) is 5.01 Å². The number of carbonyl (C=O) groups excluding carboxylic acids is 3. The van der Waals surface area contributed by atoms with E-state index in [-0.39, 0.29) is 12.5 Å². The number of piperidine rings is 1. The number of nitrogens with zero attached hydrogens (tertiary/aromatic N) is 2. The summed E-state index contributed by atoms with van der Waals surface area (Å²) in [6, 6.07) is 7.13. The van der Waals surface area contributed by atoms with Crippen LogP contribution in [0.2, 0.25) is 0 Å². The van der Waals surface area contributed by atoms with Gasteiger partial charge in [0.15, 0.2) is 0 Å². The molecule has 2 saturated heterocycles. The number of carbonyl (C=O) groups is 3. The molecule has 4 amide bonds. The van der Waals surface area contributed by atoms with Crippen molar-refractivity contribution in [1.29, 1.82) is 0 Å². The quantitative estimate of drug-likeness (QED) is 0.571. The monoisotopic (exact) mass is 417 g/mol. The van der Waals surface area contributed by atoms with E-state index in [1.165, 1.54) is 0 Å². The van der Waals surface area contributed by atoms with E-state index < -0.39 is 17.5 Å². The van der Waals surface area contributed by atoms with E-state index in [0.29, 0.717) is 23.4 Å². The zero-order chi connectivity index (χ0) is 21.9. The number of likely N-dealkylation sites (tertiary alicyclic amines) is 1. The lowest BCUT2D eigenvalue weighted by Gasteiger charge is -2.33. The molecule has 1 aromatic carbocycles. The van der Waals surface area contributed by atoms with Gasteiger partial charge in [-0.25, -0.2) is 4.79 Å². The van der Waals surface area contributed by atoms with Gasteiger partial charge in [-0.05, 0) is 37.5 Å². The molecule has 164 valence electrons. The molecule has 0 aromatic heterocycles. The van der Waals surface area contributed by atoms with Gasteiger partial charge in [0.05, 0.1) is 13.7 Å². The molecule has 2 heterocycles. The lowest BCUT2D eigenvalue weighted by molar-refractivity contribution is -0.139. The lowest BCUT2D eigenvalue weighted by atomic mass is 9.92. The maximum atomic E-state index is 12.9. The second kappa shape index (κ2) is 9.01. The zero-order valence-corrected chi connectivity index (χ0v) is 18.0. The topological polar surface area (TPSA) is 103 Å². The van der Waals surface area contributed by atoms with E-state index in [4.69, 9.17) is 4.74 Å². The van der Waals surface area contributed by atoms with Crippen LogP contribution < -0.4 is 20.8 Å². The van der Waals surface area contributed by atoms with Gasteiger partial charge in [0.1, 0.15) is 11.3 Å². The highest BCUT2D eigenvalue weighted by Gasteiger charge is 2.50. The minimum absolute atomic E-state index is 0.144. The molecule has 3 N–H and O–H groups in total. The largest absolute Gasteiger partial charge is 0.497 e. The fourth-order valence-corrected chi connectivity index (χ4v) is 3.95. The number of methoxy groups -OCH3 is 1. The molecule has 30 heavy (non-hydrogen) atoms. The molecular formula is C21H31N5O4. The van der Waals surface area contributed by atoms with Crippen LogP contribution in [-0.2, 0) is 15.1 Å². The Balaban J connectivity index is 1.57. The molecule has 0 radical (unpaired) electrons. The molecule has 2 aliphatic rings. The SMILES string of the molecule is COc1ccc(C2(C)NC(=O)N(NC(=O)CN3CCC(NC(C)C)CC3)C2=O)cc1. The van der Waals surface area contributed by atoms with Gasteiger partial charge >= 0.3 is 6.03 Å². The Morgan fingerprint density at radius 3 is 2.43 bits per heavy atom. The summed E-state index contributed by atoms with van der Waals surface area (Å²) in [4.78, 5) is 39.9. The van der Waals surface area contributed by atoms with Crippen molar-refractivity contribution < 1.29 is 19.1 Å². The van der Waals surface area contributed by atoms with Crippen LogP contribution in [0.15, 0.2) is 24.3 Å². The van der Waals surface area contributed by atoms with Crippen LogP contribution in [0.3, 0.4) is 0 Å². The summed E-state index contributed by atoms with van der Waals surface area (Å²) in [7, 11) is 1.56. The highest BCUT2D eigenvalue weighted by Crippen LogP contribution is 2.29. The van der Waals surface area contributed by atoms with Crippen molar-refractivity contribution in [1.82, 2.24) is 26.0 Å². The Morgan fingerprint density at radius 2 is 1.87 bits per heavy atom. The van der Waals surface area contributed by atoms with Crippen molar-refractivity contribution >= 4 is 17.8 Å². The summed E-state index contributed by atoms with van der Waals surface area (Å²) in [6.07, 6.45) is 1.92. The molecule has 9 nitrogen and oxygen atoms in total. The van der Waals surface area contributed by atoms with Crippen LogP contribution in [-0.4, -0.2) is 66.6 Å². The number of ether oxygens (including phenoxy) is 1. The molecule has 9 heteroatoms. The van der Waals surface area contributed by atoms with E-state index in [2.05, 4.69) is 29.9 Å². The van der Waals surface area contributed by atoms with Crippen LogP contribution in [0.5, 0.6) is 5.75 Å². The van der Waals surface area contributed by atoms with E-state index in [1.54, 1.807) is 38.3 Å². The standard InChI is InChI=1S/C21H31N5O4/c1-14(2)22-16-9-11-25(12-10-16)13-18(27)24-26-19(28)21(3,23-20(26)29)15-5-7-17(30-4)8-6-15/h5-8,14,16,22H,9-13H2,1-4H3,(H,23,29)(H,24,27). The van der Waals surface area contributed by atoms with Crippen LogP contribution in [0.25, 0.3) is 0 Å². The van der Waals surface area contributed by atoms with Gasteiger partial charge < -0.3 is 15.4 Å². The van der Waals surface area contributed by atoms with Crippen molar-refractivity contribution in [3.05, 3.63) is 29.8 Å². The smallest absolute Gasteiger partial charge is 0.344 e. The summed E-state index contributed by atoms with van der Waals surface area (Å²) in [6.45, 7) is 7.59. The molecule has 0 aliphatic carbocycles. The molecule has 2 fully saturated rings. The van der Waals surface area contributed by atoms with E-state index in [9.17, 15) is 14.4 Å². The van der Waals surface area contributed by atoms with Crippen LogP contribution in [0, 0.1) is 0 Å².